The first-order valence-corrected chi connectivity index (χ1v) is 4.49. The quantitative estimate of drug-likeness (QED) is 0.741. The molecule has 0 aliphatic heterocycles. The van der Waals surface area contributed by atoms with Crippen molar-refractivity contribution in [3.05, 3.63) is 30.1 Å². The molecule has 78 valence electrons. The maximum Gasteiger partial charge on any atom is 0.165 e. The van der Waals surface area contributed by atoms with Crippen molar-refractivity contribution in [2.24, 2.45) is 5.73 Å². The molecule has 0 bridgehead atoms. The average Bonchev–Trinajstić information content (AvgIpc) is 2.20. The van der Waals surface area contributed by atoms with Crippen molar-refractivity contribution >= 4 is 0 Å². The first-order chi connectivity index (χ1) is 6.74. The van der Waals surface area contributed by atoms with Crippen LogP contribution in [0.1, 0.15) is 6.42 Å². The third-order valence-electron chi connectivity index (χ3n) is 1.82. The molecule has 0 saturated heterocycles. The van der Waals surface area contributed by atoms with Crippen LogP contribution >= 0.6 is 0 Å². The number of hydrogen-bond donors (Lipinski definition) is 2. The van der Waals surface area contributed by atoms with Crippen LogP contribution in [-0.4, -0.2) is 24.4 Å². The monoisotopic (exact) mass is 199 g/mol. The second kappa shape index (κ2) is 5.57. The van der Waals surface area contributed by atoms with Crippen LogP contribution in [0.4, 0.5) is 4.39 Å². The van der Waals surface area contributed by atoms with Crippen molar-refractivity contribution in [2.45, 2.75) is 12.5 Å². The number of aliphatic hydroxyl groups excluding tert-OH is 1. The van der Waals surface area contributed by atoms with Crippen molar-refractivity contribution in [1.29, 1.82) is 0 Å². The van der Waals surface area contributed by atoms with Crippen molar-refractivity contribution < 1.29 is 14.2 Å². The first-order valence-electron chi connectivity index (χ1n) is 4.49. The van der Waals surface area contributed by atoms with Gasteiger partial charge in [-0.2, -0.15) is 0 Å². The molecule has 0 radical (unpaired) electrons. The number of rotatable bonds is 5. The molecule has 0 amide bonds. The molecule has 1 aromatic rings. The third-order valence-corrected chi connectivity index (χ3v) is 1.82. The molecule has 1 aromatic carbocycles. The summed E-state index contributed by atoms with van der Waals surface area (Å²) in [6, 6.07) is 6.16. The predicted octanol–water partition coefficient (Wildman–Crippen LogP) is 0.914. The van der Waals surface area contributed by atoms with Gasteiger partial charge in [-0.15, -0.1) is 0 Å². The smallest absolute Gasteiger partial charge is 0.165 e. The number of halogens is 1. The molecule has 0 fully saturated rings. The van der Waals surface area contributed by atoms with Crippen LogP contribution in [0.3, 0.4) is 0 Å². The van der Waals surface area contributed by atoms with Crippen molar-refractivity contribution in [1.82, 2.24) is 0 Å². The molecule has 14 heavy (non-hydrogen) atoms. The van der Waals surface area contributed by atoms with Gasteiger partial charge in [0.1, 0.15) is 0 Å². The summed E-state index contributed by atoms with van der Waals surface area (Å²) in [5.41, 5.74) is 5.20. The zero-order chi connectivity index (χ0) is 10.4. The van der Waals surface area contributed by atoms with Crippen LogP contribution < -0.4 is 10.5 Å². The fourth-order valence-corrected chi connectivity index (χ4v) is 0.985. The van der Waals surface area contributed by atoms with Gasteiger partial charge >= 0.3 is 0 Å². The van der Waals surface area contributed by atoms with Gasteiger partial charge in [-0.05, 0) is 12.1 Å². The van der Waals surface area contributed by atoms with E-state index in [1.54, 1.807) is 18.2 Å². The second-order valence-corrected chi connectivity index (χ2v) is 2.96. The maximum absolute atomic E-state index is 13.0. The SMILES string of the molecule is NCC(O)CCOc1ccccc1F. The van der Waals surface area contributed by atoms with Crippen molar-refractivity contribution in [3.8, 4) is 5.75 Å². The summed E-state index contributed by atoms with van der Waals surface area (Å²) in [7, 11) is 0. The normalized spacial score (nSPS) is 12.5. The molecule has 1 atom stereocenters. The van der Waals surface area contributed by atoms with E-state index in [9.17, 15) is 4.39 Å². The van der Waals surface area contributed by atoms with E-state index >= 15 is 0 Å². The highest BCUT2D eigenvalue weighted by atomic mass is 19.1. The summed E-state index contributed by atoms with van der Waals surface area (Å²) in [4.78, 5) is 0. The van der Waals surface area contributed by atoms with Gasteiger partial charge in [0.2, 0.25) is 0 Å². The number of ether oxygens (including phenoxy) is 1. The Labute approximate surface area is 82.3 Å². The summed E-state index contributed by atoms with van der Waals surface area (Å²) in [5.74, 6) is -0.188. The van der Waals surface area contributed by atoms with E-state index in [1.807, 2.05) is 0 Å². The minimum Gasteiger partial charge on any atom is -0.490 e. The molecular weight excluding hydrogens is 185 g/mol. The van der Waals surface area contributed by atoms with E-state index in [1.165, 1.54) is 6.07 Å². The van der Waals surface area contributed by atoms with Crippen LogP contribution in [-0.2, 0) is 0 Å². The lowest BCUT2D eigenvalue weighted by atomic mass is 10.3. The Kier molecular flexibility index (Phi) is 4.35. The zero-order valence-electron chi connectivity index (χ0n) is 7.82. The lowest BCUT2D eigenvalue weighted by Gasteiger charge is -2.09. The minimum absolute atomic E-state index is 0.195. The van der Waals surface area contributed by atoms with Crippen LogP contribution in [0.25, 0.3) is 0 Å². The molecule has 0 saturated carbocycles. The molecule has 1 rings (SSSR count). The van der Waals surface area contributed by atoms with Gasteiger partial charge in [-0.25, -0.2) is 4.39 Å². The van der Waals surface area contributed by atoms with Gasteiger partial charge in [-0.1, -0.05) is 12.1 Å². The number of para-hydroxylation sites is 1. The molecule has 0 aromatic heterocycles. The molecule has 0 aliphatic carbocycles. The Bertz CT molecular complexity index is 281. The topological polar surface area (TPSA) is 55.5 Å². The van der Waals surface area contributed by atoms with E-state index in [0.29, 0.717) is 6.42 Å². The zero-order valence-corrected chi connectivity index (χ0v) is 7.82. The summed E-state index contributed by atoms with van der Waals surface area (Å²) >= 11 is 0. The molecular formula is C10H14FNO2. The third kappa shape index (κ3) is 3.32. The van der Waals surface area contributed by atoms with E-state index < -0.39 is 11.9 Å². The predicted molar refractivity (Wildman–Crippen MR) is 51.6 cm³/mol. The highest BCUT2D eigenvalue weighted by Crippen LogP contribution is 2.15. The summed E-state index contributed by atoms with van der Waals surface area (Å²) in [5, 5.41) is 9.11. The number of benzene rings is 1. The summed E-state index contributed by atoms with van der Waals surface area (Å²) < 4.78 is 18.1. The summed E-state index contributed by atoms with van der Waals surface area (Å²) in [6.07, 6.45) is -0.174. The number of aliphatic hydroxyl groups is 1. The molecule has 0 aliphatic rings. The fraction of sp³-hybridized carbons (Fsp3) is 0.400. The Hall–Kier alpha value is -1.13. The van der Waals surface area contributed by atoms with E-state index in [2.05, 4.69) is 0 Å². The summed E-state index contributed by atoms with van der Waals surface area (Å²) in [6.45, 7) is 0.458. The molecule has 3 nitrogen and oxygen atoms in total. The standard InChI is InChI=1S/C10H14FNO2/c11-9-3-1-2-4-10(9)14-6-5-8(13)7-12/h1-4,8,13H,5-7,12H2. The number of nitrogens with two attached hydrogens (primary N) is 1. The van der Waals surface area contributed by atoms with Gasteiger partial charge in [-0.3, -0.25) is 0 Å². The maximum atomic E-state index is 13.0. The molecule has 0 heterocycles. The van der Waals surface area contributed by atoms with Gasteiger partial charge in [0.25, 0.3) is 0 Å². The lowest BCUT2D eigenvalue weighted by molar-refractivity contribution is 0.144. The minimum atomic E-state index is -0.582. The van der Waals surface area contributed by atoms with Crippen LogP contribution in [0.5, 0.6) is 5.75 Å². The largest absolute Gasteiger partial charge is 0.490 e. The van der Waals surface area contributed by atoms with Gasteiger partial charge < -0.3 is 15.6 Å². The fourth-order valence-electron chi connectivity index (χ4n) is 0.985. The van der Waals surface area contributed by atoms with Crippen molar-refractivity contribution in [2.75, 3.05) is 13.2 Å². The van der Waals surface area contributed by atoms with Gasteiger partial charge in [0.05, 0.1) is 12.7 Å². The van der Waals surface area contributed by atoms with Crippen LogP contribution in [0.2, 0.25) is 0 Å². The van der Waals surface area contributed by atoms with E-state index in [-0.39, 0.29) is 18.9 Å². The molecule has 4 heteroatoms. The van der Waals surface area contributed by atoms with Gasteiger partial charge in [0.15, 0.2) is 11.6 Å². The Balaban J connectivity index is 2.35. The second-order valence-electron chi connectivity index (χ2n) is 2.96. The number of hydrogen-bond acceptors (Lipinski definition) is 3. The Morgan fingerprint density at radius 1 is 1.43 bits per heavy atom. The average molecular weight is 199 g/mol. The molecule has 3 N–H and O–H groups in total. The highest BCUT2D eigenvalue weighted by Gasteiger charge is 2.03. The van der Waals surface area contributed by atoms with Gasteiger partial charge in [0, 0.05) is 13.0 Å². The highest BCUT2D eigenvalue weighted by molar-refractivity contribution is 5.23. The van der Waals surface area contributed by atoms with Crippen molar-refractivity contribution in [3.63, 3.8) is 0 Å². The molecule has 0 spiro atoms. The Morgan fingerprint density at radius 2 is 2.14 bits per heavy atom. The van der Waals surface area contributed by atoms with Crippen LogP contribution in [0.15, 0.2) is 24.3 Å². The lowest BCUT2D eigenvalue weighted by Crippen LogP contribution is -2.22. The van der Waals surface area contributed by atoms with E-state index in [0.717, 1.165) is 0 Å². The van der Waals surface area contributed by atoms with E-state index in [4.69, 9.17) is 15.6 Å². The molecule has 1 unspecified atom stereocenters. The van der Waals surface area contributed by atoms with Crippen LogP contribution in [0, 0.1) is 5.82 Å². The first kappa shape index (κ1) is 10.9. The Morgan fingerprint density at radius 3 is 2.79 bits per heavy atom.